The van der Waals surface area contributed by atoms with Gasteiger partial charge in [-0.05, 0) is 19.1 Å². The van der Waals surface area contributed by atoms with Gasteiger partial charge in [0.1, 0.15) is 15.6 Å². The molecule has 4 N–H and O–H groups in total. The van der Waals surface area contributed by atoms with Crippen molar-refractivity contribution in [3.63, 3.8) is 0 Å². The van der Waals surface area contributed by atoms with Crippen molar-refractivity contribution in [3.05, 3.63) is 42.0 Å². The van der Waals surface area contributed by atoms with Gasteiger partial charge in [-0.2, -0.15) is 5.10 Å². The van der Waals surface area contributed by atoms with Crippen LogP contribution < -0.4 is 10.5 Å². The van der Waals surface area contributed by atoms with Gasteiger partial charge >= 0.3 is 0 Å². The second-order valence-corrected chi connectivity index (χ2v) is 6.21. The number of nitrogens with two attached hydrogens (primary N) is 1. The Hall–Kier alpha value is -1.84. The molecular weight excluding hydrogens is 298 g/mol. The average Bonchev–Trinajstić information content (AvgIpc) is 2.92. The molecule has 2 aromatic rings. The van der Waals surface area contributed by atoms with Gasteiger partial charge in [0, 0.05) is 24.0 Å². The molecule has 2 heterocycles. The molecule has 0 fully saturated rings. The fraction of sp³-hybridized carbons (Fsp3) is 0.182. The molecule has 106 valence electrons. The summed E-state index contributed by atoms with van der Waals surface area (Å²) >= 11 is 4.82. The van der Waals surface area contributed by atoms with E-state index in [2.05, 4.69) is 19.9 Å². The van der Waals surface area contributed by atoms with E-state index >= 15 is 0 Å². The molecule has 0 aliphatic rings. The lowest BCUT2D eigenvalue weighted by Gasteiger charge is -2.14. The minimum atomic E-state index is -3.78. The number of hydrogen-bond acceptors (Lipinski definition) is 5. The Labute approximate surface area is 121 Å². The first-order valence-corrected chi connectivity index (χ1v) is 7.57. The van der Waals surface area contributed by atoms with Crippen molar-refractivity contribution in [3.8, 4) is 0 Å². The zero-order chi connectivity index (χ0) is 14.8. The highest BCUT2D eigenvalue weighted by Crippen LogP contribution is 2.17. The summed E-state index contributed by atoms with van der Waals surface area (Å²) in [7, 11) is -3.78. The zero-order valence-electron chi connectivity index (χ0n) is 10.6. The maximum Gasteiger partial charge on any atom is 0.243 e. The molecule has 0 radical (unpaired) electrons. The van der Waals surface area contributed by atoms with Crippen molar-refractivity contribution in [2.75, 3.05) is 0 Å². The lowest BCUT2D eigenvalue weighted by atomic mass is 10.2. The van der Waals surface area contributed by atoms with E-state index in [1.807, 2.05) is 0 Å². The van der Waals surface area contributed by atoms with Crippen LogP contribution in [0.25, 0.3) is 0 Å². The first-order chi connectivity index (χ1) is 9.42. The number of hydrogen-bond donors (Lipinski definition) is 3. The lowest BCUT2D eigenvalue weighted by Crippen LogP contribution is -2.29. The third-order valence-electron chi connectivity index (χ3n) is 2.64. The van der Waals surface area contributed by atoms with Gasteiger partial charge in [-0.1, -0.05) is 12.2 Å². The Kier molecular flexibility index (Phi) is 4.12. The number of thiocarbonyl (C=S) groups is 1. The highest BCUT2D eigenvalue weighted by molar-refractivity contribution is 7.89. The maximum absolute atomic E-state index is 12.4. The molecule has 7 nitrogen and oxygen atoms in total. The molecule has 9 heteroatoms. The Morgan fingerprint density at radius 1 is 1.55 bits per heavy atom. The third-order valence-corrected chi connectivity index (χ3v) is 4.41. The molecule has 0 saturated heterocycles. The molecule has 0 aliphatic carbocycles. The fourth-order valence-electron chi connectivity index (χ4n) is 1.65. The Morgan fingerprint density at radius 2 is 2.30 bits per heavy atom. The van der Waals surface area contributed by atoms with Crippen LogP contribution in [0, 0.1) is 0 Å². The van der Waals surface area contributed by atoms with Gasteiger partial charge in [-0.25, -0.2) is 13.1 Å². The van der Waals surface area contributed by atoms with Gasteiger partial charge < -0.3 is 5.73 Å². The van der Waals surface area contributed by atoms with Crippen LogP contribution in [0.3, 0.4) is 0 Å². The predicted molar refractivity (Wildman–Crippen MR) is 77.4 cm³/mol. The highest BCUT2D eigenvalue weighted by Gasteiger charge is 2.23. The van der Waals surface area contributed by atoms with Crippen LogP contribution >= 0.6 is 12.2 Å². The molecule has 1 unspecified atom stereocenters. The van der Waals surface area contributed by atoms with Gasteiger partial charge in [-0.3, -0.25) is 10.1 Å². The van der Waals surface area contributed by atoms with Crippen LogP contribution in [0.1, 0.15) is 24.2 Å². The zero-order valence-corrected chi connectivity index (χ0v) is 12.2. The molecule has 2 aromatic heterocycles. The number of aromatic amines is 1. The molecule has 0 amide bonds. The number of nitrogens with zero attached hydrogens (tertiary/aromatic N) is 2. The van der Waals surface area contributed by atoms with Crippen molar-refractivity contribution in [2.24, 2.45) is 5.73 Å². The van der Waals surface area contributed by atoms with Crippen LogP contribution in [0.5, 0.6) is 0 Å². The van der Waals surface area contributed by atoms with Gasteiger partial charge in [0.15, 0.2) is 0 Å². The number of nitrogens with one attached hydrogen (secondary N) is 2. The van der Waals surface area contributed by atoms with Crippen molar-refractivity contribution in [2.45, 2.75) is 17.9 Å². The Bertz CT molecular complexity index is 712. The van der Waals surface area contributed by atoms with Crippen molar-refractivity contribution >= 4 is 27.2 Å². The maximum atomic E-state index is 12.4. The lowest BCUT2D eigenvalue weighted by molar-refractivity contribution is 0.566. The van der Waals surface area contributed by atoms with Gasteiger partial charge in [-0.15, -0.1) is 0 Å². The van der Waals surface area contributed by atoms with E-state index in [4.69, 9.17) is 18.0 Å². The first-order valence-electron chi connectivity index (χ1n) is 5.67. The van der Waals surface area contributed by atoms with Crippen LogP contribution in [0.2, 0.25) is 0 Å². The number of aromatic nitrogens is 3. The summed E-state index contributed by atoms with van der Waals surface area (Å²) < 4.78 is 27.3. The van der Waals surface area contributed by atoms with E-state index in [-0.39, 0.29) is 15.6 Å². The first kappa shape index (κ1) is 14.6. The molecule has 20 heavy (non-hydrogen) atoms. The number of rotatable bonds is 5. The SMILES string of the molecule is CC(NS(=O)(=O)c1cccnc1C(N)=S)c1cn[nH]c1. The van der Waals surface area contributed by atoms with Crippen LogP contribution in [-0.2, 0) is 10.0 Å². The highest BCUT2D eigenvalue weighted by atomic mass is 32.2. The summed E-state index contributed by atoms with van der Waals surface area (Å²) in [5.74, 6) is 0. The number of H-pyrrole nitrogens is 1. The molecule has 0 aromatic carbocycles. The van der Waals surface area contributed by atoms with Crippen molar-refractivity contribution in [1.29, 1.82) is 0 Å². The van der Waals surface area contributed by atoms with Crippen molar-refractivity contribution in [1.82, 2.24) is 19.9 Å². The monoisotopic (exact) mass is 311 g/mol. The average molecular weight is 311 g/mol. The predicted octanol–water partition coefficient (Wildman–Crippen LogP) is 0.478. The number of sulfonamides is 1. The summed E-state index contributed by atoms with van der Waals surface area (Å²) in [5.41, 5.74) is 6.29. The standard InChI is InChI=1S/C11H13N5O2S2/c1-7(8-5-14-15-6-8)16-20(17,18)9-3-2-4-13-10(9)11(12)19/h2-7,16H,1H3,(H2,12,19)(H,14,15). The van der Waals surface area contributed by atoms with Crippen LogP contribution in [-0.4, -0.2) is 28.6 Å². The second kappa shape index (κ2) is 5.65. The largest absolute Gasteiger partial charge is 0.388 e. The summed E-state index contributed by atoms with van der Waals surface area (Å²) in [6.45, 7) is 1.71. The van der Waals surface area contributed by atoms with Gasteiger partial charge in [0.05, 0.1) is 6.20 Å². The van der Waals surface area contributed by atoms with E-state index in [0.717, 1.165) is 0 Å². The Morgan fingerprint density at radius 3 is 2.90 bits per heavy atom. The third kappa shape index (κ3) is 3.00. The fourth-order valence-corrected chi connectivity index (χ4v) is 3.29. The summed E-state index contributed by atoms with van der Waals surface area (Å²) in [6.07, 6.45) is 4.60. The molecule has 2 rings (SSSR count). The Balaban J connectivity index is 2.34. The van der Waals surface area contributed by atoms with Crippen molar-refractivity contribution < 1.29 is 8.42 Å². The minimum Gasteiger partial charge on any atom is -0.388 e. The quantitative estimate of drug-likeness (QED) is 0.692. The summed E-state index contributed by atoms with van der Waals surface area (Å²) in [6, 6.07) is 2.48. The molecular formula is C11H13N5O2S2. The molecule has 0 spiro atoms. The van der Waals surface area contributed by atoms with Crippen LogP contribution in [0.4, 0.5) is 0 Å². The number of pyridine rings is 1. The van der Waals surface area contributed by atoms with Gasteiger partial charge in [0.25, 0.3) is 0 Å². The summed E-state index contributed by atoms with van der Waals surface area (Å²) in [4.78, 5) is 3.80. The molecule has 0 bridgehead atoms. The normalized spacial score (nSPS) is 13.1. The van der Waals surface area contributed by atoms with E-state index < -0.39 is 16.1 Å². The smallest absolute Gasteiger partial charge is 0.243 e. The van der Waals surface area contributed by atoms with E-state index in [9.17, 15) is 8.42 Å². The molecule has 1 atom stereocenters. The van der Waals surface area contributed by atoms with Crippen LogP contribution in [0.15, 0.2) is 35.6 Å². The minimum absolute atomic E-state index is 0.0390. The van der Waals surface area contributed by atoms with E-state index in [1.165, 1.54) is 18.3 Å². The second-order valence-electron chi connectivity index (χ2n) is 4.09. The van der Waals surface area contributed by atoms with Gasteiger partial charge in [0.2, 0.25) is 10.0 Å². The van der Waals surface area contributed by atoms with E-state index in [1.54, 1.807) is 19.3 Å². The van der Waals surface area contributed by atoms with E-state index in [0.29, 0.717) is 5.56 Å². The molecule has 0 aliphatic heterocycles. The summed E-state index contributed by atoms with van der Waals surface area (Å²) in [5, 5.41) is 6.41. The topological polar surface area (TPSA) is 114 Å². The molecule has 0 saturated carbocycles.